The van der Waals surface area contributed by atoms with Crippen LogP contribution in [-0.2, 0) is 0 Å². The fourth-order valence-corrected chi connectivity index (χ4v) is 4.89. The summed E-state index contributed by atoms with van der Waals surface area (Å²) in [5.41, 5.74) is 1.01. The molecule has 1 aromatic carbocycles. The van der Waals surface area contributed by atoms with Crippen molar-refractivity contribution in [3.05, 3.63) is 28.2 Å². The van der Waals surface area contributed by atoms with Gasteiger partial charge in [0, 0.05) is 16.5 Å². The first-order valence-electron chi connectivity index (χ1n) is 7.45. The smallest absolute Gasteiger partial charge is 0.126 e. The van der Waals surface area contributed by atoms with Gasteiger partial charge in [-0.05, 0) is 48.8 Å². The van der Waals surface area contributed by atoms with E-state index in [2.05, 4.69) is 36.7 Å². The quantitative estimate of drug-likeness (QED) is 0.732. The van der Waals surface area contributed by atoms with Gasteiger partial charge in [-0.25, -0.2) is 0 Å². The number of halogens is 1. The van der Waals surface area contributed by atoms with E-state index in [1.807, 2.05) is 18.2 Å². The van der Waals surface area contributed by atoms with E-state index < -0.39 is 6.10 Å². The molecule has 2 aliphatic rings. The molecule has 1 fully saturated rings. The minimum atomic E-state index is -0.419. The molecule has 1 spiro atoms. The second-order valence-corrected chi connectivity index (χ2v) is 8.46. The number of fused-ring (bicyclic) bond motifs is 1. The van der Waals surface area contributed by atoms with E-state index in [1.54, 1.807) is 0 Å². The molecule has 1 aliphatic carbocycles. The SMILES string of the molecule is CC1CC(C)(C)CC2(C1)C[C@H](O)c1cc(Br)ccc1O2. The highest BCUT2D eigenvalue weighted by molar-refractivity contribution is 9.10. The molecule has 1 N–H and O–H groups in total. The fourth-order valence-electron chi connectivity index (χ4n) is 4.51. The van der Waals surface area contributed by atoms with Crippen molar-refractivity contribution in [2.24, 2.45) is 11.3 Å². The largest absolute Gasteiger partial charge is 0.487 e. The average Bonchev–Trinajstić information content (AvgIpc) is 2.27. The summed E-state index contributed by atoms with van der Waals surface area (Å²) >= 11 is 3.47. The third-order valence-corrected chi connectivity index (χ3v) is 5.14. The Morgan fingerprint density at radius 1 is 1.25 bits per heavy atom. The van der Waals surface area contributed by atoms with Crippen molar-refractivity contribution in [2.45, 2.75) is 58.2 Å². The fraction of sp³-hybridized carbons (Fsp3) is 0.647. The van der Waals surface area contributed by atoms with Gasteiger partial charge in [-0.3, -0.25) is 0 Å². The Bertz CT molecular complexity index is 526. The van der Waals surface area contributed by atoms with Crippen molar-refractivity contribution < 1.29 is 9.84 Å². The summed E-state index contributed by atoms with van der Waals surface area (Å²) in [6, 6.07) is 5.95. The molecule has 3 atom stereocenters. The topological polar surface area (TPSA) is 29.5 Å². The molecule has 2 nitrogen and oxygen atoms in total. The summed E-state index contributed by atoms with van der Waals surface area (Å²) in [4.78, 5) is 0. The first-order valence-corrected chi connectivity index (χ1v) is 8.24. The predicted molar refractivity (Wildman–Crippen MR) is 83.9 cm³/mol. The van der Waals surface area contributed by atoms with E-state index in [4.69, 9.17) is 4.74 Å². The zero-order valence-electron chi connectivity index (χ0n) is 12.4. The molecule has 3 heteroatoms. The molecule has 0 amide bonds. The first-order chi connectivity index (χ1) is 9.29. The number of hydrogen-bond acceptors (Lipinski definition) is 2. The van der Waals surface area contributed by atoms with Crippen molar-refractivity contribution in [1.82, 2.24) is 0 Å². The lowest BCUT2D eigenvalue weighted by atomic mass is 9.63. The van der Waals surface area contributed by atoms with Crippen LogP contribution in [0.1, 0.15) is 58.1 Å². The van der Waals surface area contributed by atoms with Crippen LogP contribution in [0.4, 0.5) is 0 Å². The van der Waals surface area contributed by atoms with Gasteiger partial charge < -0.3 is 9.84 Å². The highest BCUT2D eigenvalue weighted by Crippen LogP contribution is 2.52. The van der Waals surface area contributed by atoms with Gasteiger partial charge in [0.05, 0.1) is 6.10 Å². The number of ether oxygens (including phenoxy) is 1. The van der Waals surface area contributed by atoms with Crippen LogP contribution < -0.4 is 4.74 Å². The molecule has 2 unspecified atom stereocenters. The summed E-state index contributed by atoms with van der Waals surface area (Å²) < 4.78 is 7.40. The van der Waals surface area contributed by atoms with Crippen LogP contribution in [0.5, 0.6) is 5.75 Å². The van der Waals surface area contributed by atoms with E-state index >= 15 is 0 Å². The molecule has 1 heterocycles. The second-order valence-electron chi connectivity index (χ2n) is 7.54. The van der Waals surface area contributed by atoms with Gasteiger partial charge in [0.2, 0.25) is 0 Å². The Hall–Kier alpha value is -0.540. The van der Waals surface area contributed by atoms with E-state index in [0.717, 1.165) is 28.6 Å². The van der Waals surface area contributed by atoms with Crippen molar-refractivity contribution in [3.8, 4) is 5.75 Å². The lowest BCUT2D eigenvalue weighted by Gasteiger charge is -2.50. The molecule has 0 bridgehead atoms. The van der Waals surface area contributed by atoms with E-state index in [-0.39, 0.29) is 11.0 Å². The minimum absolute atomic E-state index is 0.193. The third-order valence-electron chi connectivity index (χ3n) is 4.64. The Morgan fingerprint density at radius 2 is 2.00 bits per heavy atom. The molecule has 0 saturated heterocycles. The van der Waals surface area contributed by atoms with Crippen LogP contribution in [-0.4, -0.2) is 10.7 Å². The van der Waals surface area contributed by atoms with Crippen LogP contribution in [0.3, 0.4) is 0 Å². The Labute approximate surface area is 129 Å². The number of benzene rings is 1. The summed E-state index contributed by atoms with van der Waals surface area (Å²) in [6.07, 6.45) is 3.60. The molecule has 20 heavy (non-hydrogen) atoms. The first kappa shape index (κ1) is 14.4. The maximum Gasteiger partial charge on any atom is 0.126 e. The van der Waals surface area contributed by atoms with Gasteiger partial charge in [-0.2, -0.15) is 0 Å². The van der Waals surface area contributed by atoms with Gasteiger partial charge >= 0.3 is 0 Å². The minimum Gasteiger partial charge on any atom is -0.487 e. The van der Waals surface area contributed by atoms with Gasteiger partial charge in [-0.15, -0.1) is 0 Å². The van der Waals surface area contributed by atoms with Crippen LogP contribution >= 0.6 is 15.9 Å². The summed E-state index contributed by atoms with van der Waals surface area (Å²) in [7, 11) is 0. The van der Waals surface area contributed by atoms with Crippen molar-refractivity contribution in [3.63, 3.8) is 0 Å². The molecular formula is C17H23BrO2. The standard InChI is InChI=1S/C17H23BrO2/c1-11-7-16(2,3)10-17(8-11)9-14(19)13-6-12(18)4-5-15(13)20-17/h4-6,11,14,19H,7-10H2,1-3H3/t11?,14-,17?/m0/s1. The van der Waals surface area contributed by atoms with Gasteiger partial charge in [0.25, 0.3) is 0 Å². The lowest BCUT2D eigenvalue weighted by molar-refractivity contribution is -0.0822. The average molecular weight is 339 g/mol. The Kier molecular flexibility index (Phi) is 3.41. The highest BCUT2D eigenvalue weighted by Gasteiger charge is 2.48. The van der Waals surface area contributed by atoms with Crippen LogP contribution in [0.25, 0.3) is 0 Å². The van der Waals surface area contributed by atoms with Gasteiger partial charge in [0.15, 0.2) is 0 Å². The molecule has 1 saturated carbocycles. The molecule has 3 rings (SSSR count). The number of aliphatic hydroxyl groups excluding tert-OH is 1. The van der Waals surface area contributed by atoms with E-state index in [9.17, 15) is 5.11 Å². The number of aliphatic hydroxyl groups is 1. The molecule has 0 aromatic heterocycles. The normalized spacial score (nSPS) is 35.5. The zero-order valence-corrected chi connectivity index (χ0v) is 14.0. The molecule has 1 aliphatic heterocycles. The molecule has 0 radical (unpaired) electrons. The third kappa shape index (κ3) is 2.62. The van der Waals surface area contributed by atoms with Crippen molar-refractivity contribution >= 4 is 15.9 Å². The van der Waals surface area contributed by atoms with Gasteiger partial charge in [-0.1, -0.05) is 36.7 Å². The number of hydrogen-bond donors (Lipinski definition) is 1. The lowest BCUT2D eigenvalue weighted by Crippen LogP contribution is -2.49. The maximum absolute atomic E-state index is 10.6. The van der Waals surface area contributed by atoms with E-state index in [1.165, 1.54) is 6.42 Å². The summed E-state index contributed by atoms with van der Waals surface area (Å²) in [6.45, 7) is 6.93. The molecular weight excluding hydrogens is 316 g/mol. The van der Waals surface area contributed by atoms with Crippen molar-refractivity contribution in [1.29, 1.82) is 0 Å². The number of rotatable bonds is 0. The Balaban J connectivity index is 1.96. The van der Waals surface area contributed by atoms with Gasteiger partial charge in [0.1, 0.15) is 11.4 Å². The van der Waals surface area contributed by atoms with Crippen LogP contribution in [0.2, 0.25) is 0 Å². The zero-order chi connectivity index (χ0) is 14.5. The van der Waals surface area contributed by atoms with Crippen LogP contribution in [0.15, 0.2) is 22.7 Å². The molecule has 1 aromatic rings. The Morgan fingerprint density at radius 3 is 2.70 bits per heavy atom. The maximum atomic E-state index is 10.6. The summed E-state index contributed by atoms with van der Waals surface area (Å²) in [5, 5.41) is 10.6. The van der Waals surface area contributed by atoms with Crippen LogP contribution in [0, 0.1) is 11.3 Å². The van der Waals surface area contributed by atoms with E-state index in [0.29, 0.717) is 12.3 Å². The molecule has 110 valence electrons. The van der Waals surface area contributed by atoms with Crippen molar-refractivity contribution in [2.75, 3.05) is 0 Å². The monoisotopic (exact) mass is 338 g/mol. The predicted octanol–water partition coefficient (Wildman–Crippen LogP) is 4.85. The highest BCUT2D eigenvalue weighted by atomic mass is 79.9. The summed E-state index contributed by atoms with van der Waals surface area (Å²) in [5.74, 6) is 1.50. The second kappa shape index (κ2) is 4.74.